The van der Waals surface area contributed by atoms with E-state index in [0.717, 1.165) is 18.1 Å². The van der Waals surface area contributed by atoms with Crippen LogP contribution < -0.4 is 0 Å². The Morgan fingerprint density at radius 3 is 2.45 bits per heavy atom. The SMILES string of the molecule is C=CC[Si](O)(CC)CCCC. The van der Waals surface area contributed by atoms with E-state index in [1.807, 2.05) is 6.08 Å². The van der Waals surface area contributed by atoms with Crippen molar-refractivity contribution in [3.63, 3.8) is 0 Å². The molecule has 1 N–H and O–H groups in total. The molecule has 0 spiro atoms. The molecule has 0 heterocycles. The summed E-state index contributed by atoms with van der Waals surface area (Å²) in [5, 5.41) is 0. The summed E-state index contributed by atoms with van der Waals surface area (Å²) in [4.78, 5) is 10.0. The Morgan fingerprint density at radius 1 is 1.45 bits per heavy atom. The van der Waals surface area contributed by atoms with Crippen molar-refractivity contribution in [2.75, 3.05) is 0 Å². The average molecular weight is 172 g/mol. The molecular formula is C9H20OSi. The van der Waals surface area contributed by atoms with Crippen LogP contribution in [0.5, 0.6) is 0 Å². The van der Waals surface area contributed by atoms with Gasteiger partial charge in [-0.3, -0.25) is 0 Å². The molecular weight excluding hydrogens is 152 g/mol. The van der Waals surface area contributed by atoms with E-state index in [0.29, 0.717) is 0 Å². The largest absolute Gasteiger partial charge is 0.431 e. The number of hydrogen-bond donors (Lipinski definition) is 1. The maximum absolute atomic E-state index is 10.0. The molecule has 11 heavy (non-hydrogen) atoms. The summed E-state index contributed by atoms with van der Waals surface area (Å²) < 4.78 is 0. The van der Waals surface area contributed by atoms with Gasteiger partial charge in [-0.05, 0) is 18.1 Å². The molecule has 0 radical (unpaired) electrons. The third kappa shape index (κ3) is 4.38. The van der Waals surface area contributed by atoms with Crippen LogP contribution in [0.4, 0.5) is 0 Å². The van der Waals surface area contributed by atoms with Gasteiger partial charge in [0.1, 0.15) is 0 Å². The summed E-state index contributed by atoms with van der Waals surface area (Å²) in [6.07, 6.45) is 4.22. The molecule has 2 heteroatoms. The van der Waals surface area contributed by atoms with Crippen LogP contribution in [0.3, 0.4) is 0 Å². The summed E-state index contributed by atoms with van der Waals surface area (Å²) in [6.45, 7) is 7.93. The quantitative estimate of drug-likeness (QED) is 0.482. The monoisotopic (exact) mass is 172 g/mol. The molecule has 0 saturated heterocycles. The van der Waals surface area contributed by atoms with Gasteiger partial charge in [0, 0.05) is 0 Å². The highest BCUT2D eigenvalue weighted by molar-refractivity contribution is 6.72. The molecule has 0 saturated carbocycles. The van der Waals surface area contributed by atoms with Gasteiger partial charge in [-0.15, -0.1) is 6.58 Å². The lowest BCUT2D eigenvalue weighted by atomic mass is 10.4. The first-order chi connectivity index (χ1) is 5.18. The first-order valence-corrected chi connectivity index (χ1v) is 7.08. The number of unbranched alkanes of at least 4 members (excludes halogenated alkanes) is 1. The van der Waals surface area contributed by atoms with Crippen molar-refractivity contribution in [2.24, 2.45) is 0 Å². The predicted molar refractivity (Wildman–Crippen MR) is 53.2 cm³/mol. The lowest BCUT2D eigenvalue weighted by molar-refractivity contribution is 0.527. The Hall–Kier alpha value is -0.0831. The molecule has 0 bridgehead atoms. The Morgan fingerprint density at radius 2 is 2.09 bits per heavy atom. The maximum Gasteiger partial charge on any atom is 0.192 e. The van der Waals surface area contributed by atoms with Crippen molar-refractivity contribution in [1.29, 1.82) is 0 Å². The fourth-order valence-electron chi connectivity index (χ4n) is 1.20. The number of rotatable bonds is 6. The highest BCUT2D eigenvalue weighted by atomic mass is 28.4. The normalized spacial score (nSPS) is 15.9. The minimum absolute atomic E-state index is 0.865. The molecule has 1 nitrogen and oxygen atoms in total. The molecule has 0 aromatic heterocycles. The molecule has 0 rings (SSSR count). The molecule has 0 aromatic rings. The summed E-state index contributed by atoms with van der Waals surface area (Å²) in [7, 11) is -1.86. The molecule has 0 aromatic carbocycles. The predicted octanol–water partition coefficient (Wildman–Crippen LogP) is 2.93. The van der Waals surface area contributed by atoms with Gasteiger partial charge in [-0.25, -0.2) is 0 Å². The molecule has 0 aliphatic rings. The fraction of sp³-hybridized carbons (Fsp3) is 0.778. The Balaban J connectivity index is 3.77. The van der Waals surface area contributed by atoms with Crippen LogP contribution in [-0.4, -0.2) is 13.1 Å². The third-order valence-electron chi connectivity index (χ3n) is 2.18. The molecule has 0 aliphatic heterocycles. The second-order valence-corrected chi connectivity index (χ2v) is 7.24. The van der Waals surface area contributed by atoms with Crippen LogP contribution in [0.1, 0.15) is 26.7 Å². The minimum atomic E-state index is -1.86. The summed E-state index contributed by atoms with van der Waals surface area (Å²) in [5.41, 5.74) is 0. The average Bonchev–Trinajstić information content (AvgIpc) is 2.02. The van der Waals surface area contributed by atoms with Crippen LogP contribution in [0, 0.1) is 0 Å². The fourth-order valence-corrected chi connectivity index (χ4v) is 3.59. The van der Waals surface area contributed by atoms with E-state index in [9.17, 15) is 4.80 Å². The van der Waals surface area contributed by atoms with Crippen LogP contribution in [0.15, 0.2) is 12.7 Å². The van der Waals surface area contributed by atoms with Crippen LogP contribution in [0.25, 0.3) is 0 Å². The van der Waals surface area contributed by atoms with Gasteiger partial charge in [0.15, 0.2) is 8.32 Å². The molecule has 1 unspecified atom stereocenters. The zero-order valence-corrected chi connectivity index (χ0v) is 8.77. The first kappa shape index (κ1) is 10.9. The molecule has 0 aliphatic carbocycles. The molecule has 0 fully saturated rings. The first-order valence-electron chi connectivity index (χ1n) is 4.51. The van der Waals surface area contributed by atoms with E-state index >= 15 is 0 Å². The summed E-state index contributed by atoms with van der Waals surface area (Å²) >= 11 is 0. The summed E-state index contributed by atoms with van der Waals surface area (Å²) in [6, 6.07) is 2.88. The standard InChI is InChI=1S/C9H20OSi/c1-4-7-9-11(10,6-3)8-5-2/h5,10H,2,4,6-9H2,1,3H3. The Labute approximate surface area is 71.3 Å². The van der Waals surface area contributed by atoms with Crippen LogP contribution >= 0.6 is 0 Å². The molecule has 0 amide bonds. The van der Waals surface area contributed by atoms with E-state index in [2.05, 4.69) is 20.4 Å². The number of allylic oxidation sites excluding steroid dienone is 1. The van der Waals surface area contributed by atoms with Gasteiger partial charge in [0.25, 0.3) is 0 Å². The van der Waals surface area contributed by atoms with Gasteiger partial charge in [-0.2, -0.15) is 0 Å². The van der Waals surface area contributed by atoms with Crippen molar-refractivity contribution in [3.05, 3.63) is 12.7 Å². The van der Waals surface area contributed by atoms with Gasteiger partial charge < -0.3 is 4.80 Å². The van der Waals surface area contributed by atoms with E-state index in [1.54, 1.807) is 0 Å². The Kier molecular flexibility index (Phi) is 5.51. The third-order valence-corrected chi connectivity index (χ3v) is 5.83. The maximum atomic E-state index is 10.0. The second kappa shape index (κ2) is 5.55. The Bertz CT molecular complexity index is 114. The molecule has 66 valence electrons. The van der Waals surface area contributed by atoms with Gasteiger partial charge in [0.2, 0.25) is 0 Å². The highest BCUT2D eigenvalue weighted by Gasteiger charge is 2.25. The van der Waals surface area contributed by atoms with Crippen LogP contribution in [0.2, 0.25) is 18.1 Å². The summed E-state index contributed by atoms with van der Waals surface area (Å²) in [5.74, 6) is 0. The van der Waals surface area contributed by atoms with Crippen LogP contribution in [-0.2, 0) is 0 Å². The van der Waals surface area contributed by atoms with Gasteiger partial charge in [0.05, 0.1) is 0 Å². The second-order valence-electron chi connectivity index (χ2n) is 3.17. The van der Waals surface area contributed by atoms with Crippen molar-refractivity contribution >= 4 is 8.32 Å². The smallest absolute Gasteiger partial charge is 0.192 e. The molecule has 1 atom stereocenters. The topological polar surface area (TPSA) is 20.2 Å². The lowest BCUT2D eigenvalue weighted by Gasteiger charge is -2.21. The van der Waals surface area contributed by atoms with Gasteiger partial charge >= 0.3 is 0 Å². The van der Waals surface area contributed by atoms with E-state index < -0.39 is 8.32 Å². The lowest BCUT2D eigenvalue weighted by Crippen LogP contribution is -2.32. The minimum Gasteiger partial charge on any atom is -0.431 e. The van der Waals surface area contributed by atoms with E-state index in [4.69, 9.17) is 0 Å². The van der Waals surface area contributed by atoms with E-state index in [1.165, 1.54) is 12.8 Å². The highest BCUT2D eigenvalue weighted by Crippen LogP contribution is 2.20. The van der Waals surface area contributed by atoms with Crippen molar-refractivity contribution < 1.29 is 4.80 Å². The van der Waals surface area contributed by atoms with Crippen molar-refractivity contribution in [2.45, 2.75) is 44.8 Å². The van der Waals surface area contributed by atoms with Gasteiger partial charge in [-0.1, -0.05) is 32.8 Å². The van der Waals surface area contributed by atoms with Crippen molar-refractivity contribution in [3.8, 4) is 0 Å². The zero-order valence-electron chi connectivity index (χ0n) is 7.77. The zero-order chi connectivity index (χ0) is 8.74. The number of hydrogen-bond acceptors (Lipinski definition) is 1. The van der Waals surface area contributed by atoms with Crippen molar-refractivity contribution in [1.82, 2.24) is 0 Å². The van der Waals surface area contributed by atoms with E-state index in [-0.39, 0.29) is 0 Å².